The highest BCUT2D eigenvalue weighted by Gasteiger charge is 2.69. The zero-order valence-corrected chi connectivity index (χ0v) is 25.0. The molecule has 0 radical (unpaired) electrons. The van der Waals surface area contributed by atoms with Gasteiger partial charge < -0.3 is 26.2 Å². The van der Waals surface area contributed by atoms with E-state index in [1.807, 2.05) is 6.92 Å². The van der Waals surface area contributed by atoms with Gasteiger partial charge in [-0.25, -0.2) is 4.79 Å². The molecule has 5 unspecified atom stereocenters. The second-order valence-electron chi connectivity index (χ2n) is 13.1. The smallest absolute Gasteiger partial charge is 0.315 e. The maximum Gasteiger partial charge on any atom is 0.315 e. The minimum absolute atomic E-state index is 0.0243. The first-order valence-corrected chi connectivity index (χ1v) is 15.7. The van der Waals surface area contributed by atoms with E-state index < -0.39 is 35.7 Å². The highest BCUT2D eigenvalue weighted by Crippen LogP contribution is 2.65. The number of hydrogen-bond acceptors (Lipinski definition) is 5. The number of urea groups is 1. The molecule has 228 valence electrons. The quantitative estimate of drug-likeness (QED) is 0.211. The van der Waals surface area contributed by atoms with Crippen LogP contribution in [0.15, 0.2) is 12.7 Å². The summed E-state index contributed by atoms with van der Waals surface area (Å²) < 4.78 is 0. The van der Waals surface area contributed by atoms with Gasteiger partial charge in [0.1, 0.15) is 12.1 Å². The Labute approximate surface area is 244 Å². The van der Waals surface area contributed by atoms with Gasteiger partial charge in [0.2, 0.25) is 17.6 Å². The Bertz CT molecular complexity index is 1020. The molecule has 0 aromatic carbocycles. The van der Waals surface area contributed by atoms with Gasteiger partial charge in [-0.1, -0.05) is 65.4 Å². The summed E-state index contributed by atoms with van der Waals surface area (Å²) >= 11 is 0. The van der Waals surface area contributed by atoms with Crippen molar-refractivity contribution in [1.29, 1.82) is 0 Å². The average Bonchev–Trinajstić information content (AvgIpc) is 3.40. The number of nitrogens with one attached hydrogen (secondary N) is 4. The van der Waals surface area contributed by atoms with Crippen LogP contribution in [-0.2, 0) is 19.2 Å². The van der Waals surface area contributed by atoms with Crippen molar-refractivity contribution in [2.24, 2.45) is 23.2 Å². The van der Waals surface area contributed by atoms with E-state index in [-0.39, 0.29) is 47.7 Å². The molecule has 10 nitrogen and oxygen atoms in total. The normalized spacial score (nSPS) is 26.8. The first-order chi connectivity index (χ1) is 19.6. The van der Waals surface area contributed by atoms with Crippen molar-refractivity contribution < 1.29 is 24.0 Å². The summed E-state index contributed by atoms with van der Waals surface area (Å²) in [7, 11) is 0. The van der Waals surface area contributed by atoms with Crippen LogP contribution in [0.2, 0.25) is 0 Å². The third-order valence-corrected chi connectivity index (χ3v) is 9.97. The van der Waals surface area contributed by atoms with Crippen LogP contribution in [0.5, 0.6) is 0 Å². The van der Waals surface area contributed by atoms with Gasteiger partial charge in [0.25, 0.3) is 5.91 Å². The molecule has 1 aliphatic heterocycles. The molecular formula is C31H49N5O5. The number of likely N-dealkylation sites (tertiary alicyclic amines) is 1. The van der Waals surface area contributed by atoms with Crippen molar-refractivity contribution in [3.05, 3.63) is 12.7 Å². The van der Waals surface area contributed by atoms with Crippen LogP contribution in [0.25, 0.3) is 0 Å². The summed E-state index contributed by atoms with van der Waals surface area (Å²) in [5.74, 6) is -1.94. The van der Waals surface area contributed by atoms with Gasteiger partial charge in [0.05, 0.1) is 6.04 Å². The molecule has 0 aromatic heterocycles. The molecule has 1 heterocycles. The maximum absolute atomic E-state index is 14.2. The lowest BCUT2D eigenvalue weighted by atomic mass is 9.94. The van der Waals surface area contributed by atoms with Gasteiger partial charge >= 0.3 is 6.03 Å². The van der Waals surface area contributed by atoms with Crippen LogP contribution < -0.4 is 21.3 Å². The third-order valence-electron chi connectivity index (χ3n) is 9.97. The van der Waals surface area contributed by atoms with Crippen molar-refractivity contribution in [2.45, 2.75) is 116 Å². The number of ketones is 1. The molecule has 3 saturated carbocycles. The molecule has 41 heavy (non-hydrogen) atoms. The number of nitrogens with zero attached hydrogens (tertiary/aromatic N) is 1. The summed E-state index contributed by atoms with van der Waals surface area (Å²) in [6, 6.07) is -2.61. The standard InChI is InChI=1S/C31H49N5O5/c1-5-12-22(26(37)28(39)32-17-6-2)34-27(38)25-23-21(31(23,3)4)18-36(25)29(40)24(19-13-10-11-14-19)35-30(41)33-20-15-8-7-9-16-20/h6,19-25H,2,5,7-18H2,1,3-4H3,(H,32,39)(H,34,38)(H2,33,35,41). The molecule has 0 spiro atoms. The fourth-order valence-corrected chi connectivity index (χ4v) is 7.50. The molecule has 4 rings (SSSR count). The molecule has 4 N–H and O–H groups in total. The van der Waals surface area contributed by atoms with E-state index in [4.69, 9.17) is 0 Å². The van der Waals surface area contributed by atoms with Crippen molar-refractivity contribution in [1.82, 2.24) is 26.2 Å². The van der Waals surface area contributed by atoms with E-state index in [1.54, 1.807) is 4.90 Å². The van der Waals surface area contributed by atoms with E-state index in [0.29, 0.717) is 19.4 Å². The van der Waals surface area contributed by atoms with Crippen LogP contribution in [0.4, 0.5) is 4.79 Å². The molecule has 10 heteroatoms. The second kappa shape index (κ2) is 13.4. The summed E-state index contributed by atoms with van der Waals surface area (Å²) in [6.45, 7) is 10.2. The Morgan fingerprint density at radius 2 is 1.63 bits per heavy atom. The fraction of sp³-hybridized carbons (Fsp3) is 0.774. The average molecular weight is 572 g/mol. The number of amides is 5. The van der Waals surface area contributed by atoms with Crippen LogP contribution >= 0.6 is 0 Å². The molecule has 0 bridgehead atoms. The highest BCUT2D eigenvalue weighted by molar-refractivity contribution is 6.38. The predicted octanol–water partition coefficient (Wildman–Crippen LogP) is 2.82. The van der Waals surface area contributed by atoms with E-state index in [9.17, 15) is 24.0 Å². The molecule has 1 saturated heterocycles. The van der Waals surface area contributed by atoms with E-state index in [1.165, 1.54) is 12.5 Å². The van der Waals surface area contributed by atoms with Crippen LogP contribution in [-0.4, -0.2) is 71.7 Å². The maximum atomic E-state index is 14.2. The van der Waals surface area contributed by atoms with Crippen molar-refractivity contribution >= 4 is 29.5 Å². The van der Waals surface area contributed by atoms with Gasteiger partial charge in [-0.3, -0.25) is 19.2 Å². The number of piperidine rings is 1. The van der Waals surface area contributed by atoms with Gasteiger partial charge in [-0.05, 0) is 55.3 Å². The lowest BCUT2D eigenvalue weighted by Gasteiger charge is -2.35. The Balaban J connectivity index is 1.50. The van der Waals surface area contributed by atoms with E-state index in [2.05, 4.69) is 41.7 Å². The number of carbonyl (C=O) groups excluding carboxylic acids is 5. The minimum atomic E-state index is -0.972. The minimum Gasteiger partial charge on any atom is -0.346 e. The third kappa shape index (κ3) is 6.95. The lowest BCUT2D eigenvalue weighted by molar-refractivity contribution is -0.144. The van der Waals surface area contributed by atoms with E-state index >= 15 is 0 Å². The monoisotopic (exact) mass is 571 g/mol. The lowest BCUT2D eigenvalue weighted by Crippen LogP contribution is -2.60. The Hall–Kier alpha value is -2.91. The Kier molecular flexibility index (Phi) is 10.1. The summed E-state index contributed by atoms with van der Waals surface area (Å²) in [5, 5.41) is 11.4. The fourth-order valence-electron chi connectivity index (χ4n) is 7.50. The highest BCUT2D eigenvalue weighted by atomic mass is 16.2. The van der Waals surface area contributed by atoms with Crippen molar-refractivity contribution in [3.63, 3.8) is 0 Å². The van der Waals surface area contributed by atoms with Crippen molar-refractivity contribution in [3.8, 4) is 0 Å². The topological polar surface area (TPSA) is 137 Å². The molecule has 4 aliphatic rings. The van der Waals surface area contributed by atoms with Gasteiger partial charge in [-0.15, -0.1) is 6.58 Å². The number of fused-ring (bicyclic) bond motifs is 1. The molecule has 4 fully saturated rings. The zero-order valence-electron chi connectivity index (χ0n) is 25.0. The number of hydrogen-bond donors (Lipinski definition) is 4. The molecule has 0 aromatic rings. The van der Waals surface area contributed by atoms with E-state index in [0.717, 1.165) is 51.4 Å². The number of Topliss-reactive ketones (excluding diaryl/α,β-unsaturated/α-hetero) is 1. The summed E-state index contributed by atoms with van der Waals surface area (Å²) in [5.41, 5.74) is -0.112. The molecule has 5 amide bonds. The van der Waals surface area contributed by atoms with Crippen LogP contribution in [0.3, 0.4) is 0 Å². The van der Waals surface area contributed by atoms with Gasteiger partial charge in [0.15, 0.2) is 0 Å². The van der Waals surface area contributed by atoms with Gasteiger partial charge in [-0.2, -0.15) is 0 Å². The zero-order chi connectivity index (χ0) is 29.7. The second-order valence-corrected chi connectivity index (χ2v) is 13.1. The molecule has 3 aliphatic carbocycles. The predicted molar refractivity (Wildman–Crippen MR) is 156 cm³/mol. The largest absolute Gasteiger partial charge is 0.346 e. The Morgan fingerprint density at radius 1 is 0.976 bits per heavy atom. The SMILES string of the molecule is C=CCNC(=O)C(=O)C(CCC)NC(=O)C1C2C(CN1C(=O)C(NC(=O)NC1CCCCC1)C1CCCC1)C2(C)C. The summed E-state index contributed by atoms with van der Waals surface area (Å²) in [4.78, 5) is 68.0. The first kappa shape index (κ1) is 31.0. The molecular weight excluding hydrogens is 522 g/mol. The number of rotatable bonds is 12. The van der Waals surface area contributed by atoms with Crippen molar-refractivity contribution in [2.75, 3.05) is 13.1 Å². The Morgan fingerprint density at radius 3 is 2.27 bits per heavy atom. The van der Waals surface area contributed by atoms with Crippen LogP contribution in [0, 0.1) is 23.2 Å². The summed E-state index contributed by atoms with van der Waals surface area (Å²) in [6.07, 6.45) is 11.4. The van der Waals surface area contributed by atoms with Gasteiger partial charge in [0, 0.05) is 19.1 Å². The van der Waals surface area contributed by atoms with Crippen LogP contribution in [0.1, 0.15) is 91.4 Å². The molecule has 5 atom stereocenters. The first-order valence-electron chi connectivity index (χ1n) is 15.7. The number of carbonyl (C=O) groups is 5.